The molecule has 0 atom stereocenters. The van der Waals surface area contributed by atoms with Crippen LogP contribution in [0.25, 0.3) is 0 Å². The molecule has 0 bridgehead atoms. The molecule has 0 saturated carbocycles. The van der Waals surface area contributed by atoms with Gasteiger partial charge in [-0.05, 0) is 59.6 Å². The minimum atomic E-state index is 0.0390. The molecule has 0 nitrogen and oxygen atoms in total. The van der Waals surface area contributed by atoms with E-state index in [1.807, 2.05) is 0 Å². The molecule has 0 aromatic heterocycles. The first-order valence-electron chi connectivity index (χ1n) is 8.48. The Labute approximate surface area is 136 Å². The number of hydrogen-bond donors (Lipinski definition) is 0. The van der Waals surface area contributed by atoms with E-state index in [0.29, 0.717) is 5.92 Å². The third-order valence-electron chi connectivity index (χ3n) is 5.06. The van der Waals surface area contributed by atoms with Gasteiger partial charge in [-0.1, -0.05) is 71.0 Å². The lowest BCUT2D eigenvalue weighted by Gasteiger charge is -2.28. The van der Waals surface area contributed by atoms with Crippen molar-refractivity contribution in [2.45, 2.75) is 66.2 Å². The summed E-state index contributed by atoms with van der Waals surface area (Å²) in [5.41, 5.74) is 8.56. The fourth-order valence-corrected chi connectivity index (χ4v) is 3.36. The van der Waals surface area contributed by atoms with Crippen LogP contribution in [0.5, 0.6) is 0 Å². The standard InChI is InChI=1S/C22H30/c1-8-18-9-10-19(13-16(18)4)22(6,7)20-11-12-21(15(2)3)17(5)14-20/h9-15H,8H2,1-7H3. The van der Waals surface area contributed by atoms with E-state index in [1.165, 1.54) is 33.4 Å². The quantitative estimate of drug-likeness (QED) is 0.619. The van der Waals surface area contributed by atoms with Gasteiger partial charge >= 0.3 is 0 Å². The molecule has 0 heterocycles. The van der Waals surface area contributed by atoms with Crippen molar-refractivity contribution in [3.8, 4) is 0 Å². The van der Waals surface area contributed by atoms with E-state index >= 15 is 0 Å². The van der Waals surface area contributed by atoms with Gasteiger partial charge in [-0.15, -0.1) is 0 Å². The van der Waals surface area contributed by atoms with E-state index < -0.39 is 0 Å². The monoisotopic (exact) mass is 294 g/mol. The second kappa shape index (κ2) is 6.28. The zero-order valence-electron chi connectivity index (χ0n) is 15.2. The molecule has 22 heavy (non-hydrogen) atoms. The number of benzene rings is 2. The maximum absolute atomic E-state index is 2.37. The van der Waals surface area contributed by atoms with Crippen LogP contribution in [0.2, 0.25) is 0 Å². The molecule has 0 fully saturated rings. The Hall–Kier alpha value is -1.56. The third-order valence-corrected chi connectivity index (χ3v) is 5.06. The predicted molar refractivity (Wildman–Crippen MR) is 98.0 cm³/mol. The van der Waals surface area contributed by atoms with Crippen LogP contribution in [0.15, 0.2) is 36.4 Å². The summed E-state index contributed by atoms with van der Waals surface area (Å²) < 4.78 is 0. The molecule has 0 amide bonds. The van der Waals surface area contributed by atoms with Crippen molar-refractivity contribution in [1.29, 1.82) is 0 Å². The zero-order chi connectivity index (χ0) is 16.5. The Morgan fingerprint density at radius 2 is 1.41 bits per heavy atom. The average molecular weight is 294 g/mol. The van der Waals surface area contributed by atoms with Crippen LogP contribution in [0.1, 0.15) is 73.9 Å². The highest BCUT2D eigenvalue weighted by molar-refractivity contribution is 5.44. The van der Waals surface area contributed by atoms with Crippen molar-refractivity contribution in [2.24, 2.45) is 0 Å². The maximum atomic E-state index is 2.37. The van der Waals surface area contributed by atoms with Crippen LogP contribution in [0.4, 0.5) is 0 Å². The molecule has 0 aliphatic heterocycles. The average Bonchev–Trinajstić information content (AvgIpc) is 2.46. The van der Waals surface area contributed by atoms with Gasteiger partial charge in [0.05, 0.1) is 0 Å². The topological polar surface area (TPSA) is 0 Å². The lowest BCUT2D eigenvalue weighted by molar-refractivity contribution is 0.638. The molecule has 118 valence electrons. The summed E-state index contributed by atoms with van der Waals surface area (Å²) in [4.78, 5) is 0. The van der Waals surface area contributed by atoms with E-state index in [-0.39, 0.29) is 5.41 Å². The largest absolute Gasteiger partial charge is 0.0613 e. The van der Waals surface area contributed by atoms with Crippen molar-refractivity contribution in [3.63, 3.8) is 0 Å². The van der Waals surface area contributed by atoms with Gasteiger partial charge in [0.2, 0.25) is 0 Å². The third kappa shape index (κ3) is 3.11. The molecule has 0 aliphatic carbocycles. The van der Waals surface area contributed by atoms with E-state index in [4.69, 9.17) is 0 Å². The van der Waals surface area contributed by atoms with Gasteiger partial charge in [-0.2, -0.15) is 0 Å². The van der Waals surface area contributed by atoms with Gasteiger partial charge in [0.1, 0.15) is 0 Å². The van der Waals surface area contributed by atoms with Gasteiger partial charge < -0.3 is 0 Å². The molecule has 0 unspecified atom stereocenters. The SMILES string of the molecule is CCc1ccc(C(C)(C)c2ccc(C(C)C)c(C)c2)cc1C. The molecular formula is C22H30. The van der Waals surface area contributed by atoms with Crippen LogP contribution in [-0.4, -0.2) is 0 Å². The van der Waals surface area contributed by atoms with E-state index in [1.54, 1.807) is 0 Å². The molecule has 2 rings (SSSR count). The highest BCUT2D eigenvalue weighted by Gasteiger charge is 2.24. The molecule has 0 spiro atoms. The Morgan fingerprint density at radius 3 is 1.86 bits per heavy atom. The van der Waals surface area contributed by atoms with Crippen LogP contribution < -0.4 is 0 Å². The lowest BCUT2D eigenvalue weighted by Crippen LogP contribution is -2.19. The van der Waals surface area contributed by atoms with Gasteiger partial charge in [0.25, 0.3) is 0 Å². The Bertz CT molecular complexity index is 660. The van der Waals surface area contributed by atoms with E-state index in [2.05, 4.69) is 84.9 Å². The maximum Gasteiger partial charge on any atom is 0.0146 e. The van der Waals surface area contributed by atoms with Crippen LogP contribution in [0.3, 0.4) is 0 Å². The summed E-state index contributed by atoms with van der Waals surface area (Å²) in [6.07, 6.45) is 1.11. The lowest BCUT2D eigenvalue weighted by atomic mass is 9.76. The minimum absolute atomic E-state index is 0.0390. The van der Waals surface area contributed by atoms with Crippen molar-refractivity contribution in [1.82, 2.24) is 0 Å². The van der Waals surface area contributed by atoms with Crippen molar-refractivity contribution >= 4 is 0 Å². The Balaban J connectivity index is 2.45. The van der Waals surface area contributed by atoms with Crippen LogP contribution in [0, 0.1) is 13.8 Å². The normalized spacial score (nSPS) is 12.0. The highest BCUT2D eigenvalue weighted by atomic mass is 14.3. The van der Waals surface area contributed by atoms with E-state index in [9.17, 15) is 0 Å². The molecule has 2 aromatic carbocycles. The molecular weight excluding hydrogens is 264 g/mol. The zero-order valence-corrected chi connectivity index (χ0v) is 15.2. The summed E-state index contributed by atoms with van der Waals surface area (Å²) in [6.45, 7) is 15.9. The smallest absolute Gasteiger partial charge is 0.0146 e. The molecule has 2 aromatic rings. The van der Waals surface area contributed by atoms with E-state index in [0.717, 1.165) is 6.42 Å². The molecule has 0 N–H and O–H groups in total. The number of rotatable bonds is 4. The molecule has 0 heteroatoms. The number of hydrogen-bond acceptors (Lipinski definition) is 0. The first-order valence-corrected chi connectivity index (χ1v) is 8.48. The summed E-state index contributed by atoms with van der Waals surface area (Å²) in [5.74, 6) is 0.586. The summed E-state index contributed by atoms with van der Waals surface area (Å²) in [6, 6.07) is 14.0. The first kappa shape index (κ1) is 16.8. The molecule has 0 radical (unpaired) electrons. The van der Waals surface area contributed by atoms with Gasteiger partial charge in [0, 0.05) is 5.41 Å². The van der Waals surface area contributed by atoms with Gasteiger partial charge in [-0.3, -0.25) is 0 Å². The first-order chi connectivity index (χ1) is 10.3. The highest BCUT2D eigenvalue weighted by Crippen LogP contribution is 2.34. The van der Waals surface area contributed by atoms with Crippen molar-refractivity contribution in [3.05, 3.63) is 69.8 Å². The second-order valence-electron chi connectivity index (χ2n) is 7.35. The van der Waals surface area contributed by atoms with Gasteiger partial charge in [-0.25, -0.2) is 0 Å². The predicted octanol–water partition coefficient (Wildman–Crippen LogP) is 6.32. The molecule has 0 saturated heterocycles. The van der Waals surface area contributed by atoms with Gasteiger partial charge in [0.15, 0.2) is 0 Å². The minimum Gasteiger partial charge on any atom is -0.0613 e. The second-order valence-corrected chi connectivity index (χ2v) is 7.35. The molecule has 0 aliphatic rings. The van der Waals surface area contributed by atoms with Crippen molar-refractivity contribution in [2.75, 3.05) is 0 Å². The summed E-state index contributed by atoms with van der Waals surface area (Å²) in [5, 5.41) is 0. The fourth-order valence-electron chi connectivity index (χ4n) is 3.36. The Kier molecular flexibility index (Phi) is 4.80. The summed E-state index contributed by atoms with van der Waals surface area (Å²) >= 11 is 0. The summed E-state index contributed by atoms with van der Waals surface area (Å²) in [7, 11) is 0. The van der Waals surface area contributed by atoms with Crippen molar-refractivity contribution < 1.29 is 0 Å². The van der Waals surface area contributed by atoms with Crippen LogP contribution in [-0.2, 0) is 11.8 Å². The fraction of sp³-hybridized carbons (Fsp3) is 0.455. The van der Waals surface area contributed by atoms with Crippen LogP contribution >= 0.6 is 0 Å². The number of aryl methyl sites for hydroxylation is 3. The Morgan fingerprint density at radius 1 is 0.864 bits per heavy atom.